The number of ketones is 4. The third-order valence-corrected chi connectivity index (χ3v) is 7.38. The van der Waals surface area contributed by atoms with Crippen LogP contribution < -0.4 is 0 Å². The summed E-state index contributed by atoms with van der Waals surface area (Å²) in [6, 6.07) is 22.9. The Hall–Kier alpha value is -5.17. The van der Waals surface area contributed by atoms with Crippen molar-refractivity contribution in [2.75, 3.05) is 0 Å². The van der Waals surface area contributed by atoms with Crippen LogP contribution in [0.15, 0.2) is 84.9 Å². The highest BCUT2D eigenvalue weighted by atomic mass is 16.7. The second-order valence-electron chi connectivity index (χ2n) is 9.79. The fourth-order valence-corrected chi connectivity index (χ4v) is 5.19. The zero-order chi connectivity index (χ0) is 28.1. The first-order valence-electron chi connectivity index (χ1n) is 12.8. The van der Waals surface area contributed by atoms with E-state index in [2.05, 4.69) is 0 Å². The largest absolute Gasteiger partial charge is 0.509 e. The first-order chi connectivity index (χ1) is 19.2. The van der Waals surface area contributed by atoms with Crippen molar-refractivity contribution in [1.29, 1.82) is 0 Å². The first-order valence-corrected chi connectivity index (χ1v) is 12.8. The molecule has 7 nitrogen and oxygen atoms in total. The van der Waals surface area contributed by atoms with Gasteiger partial charge in [-0.25, -0.2) is 4.79 Å². The third-order valence-electron chi connectivity index (χ3n) is 7.38. The molecule has 0 amide bonds. The van der Waals surface area contributed by atoms with Gasteiger partial charge in [0.2, 0.25) is 0 Å². The second-order valence-corrected chi connectivity index (χ2v) is 9.79. The minimum atomic E-state index is -0.948. The van der Waals surface area contributed by atoms with E-state index in [-0.39, 0.29) is 34.3 Å². The summed E-state index contributed by atoms with van der Waals surface area (Å²) < 4.78 is 10.9. The molecule has 0 aromatic heterocycles. The van der Waals surface area contributed by atoms with E-state index in [1.807, 2.05) is 0 Å². The van der Waals surface area contributed by atoms with Crippen LogP contribution in [0.4, 0.5) is 4.79 Å². The number of carbonyl (C=O) groups is 5. The molecule has 0 bridgehead atoms. The summed E-state index contributed by atoms with van der Waals surface area (Å²) >= 11 is 0. The van der Waals surface area contributed by atoms with Gasteiger partial charge in [0.25, 0.3) is 0 Å². The average molecular weight is 531 g/mol. The Morgan fingerprint density at radius 2 is 0.775 bits per heavy atom. The van der Waals surface area contributed by atoms with Crippen molar-refractivity contribution < 1.29 is 33.4 Å². The van der Waals surface area contributed by atoms with Crippen molar-refractivity contribution >= 4 is 29.3 Å². The number of ether oxygens (including phenoxy) is 2. The monoisotopic (exact) mass is 530 g/mol. The van der Waals surface area contributed by atoms with Crippen LogP contribution in [0.3, 0.4) is 0 Å². The Labute approximate surface area is 229 Å². The van der Waals surface area contributed by atoms with Gasteiger partial charge in [-0.05, 0) is 49.2 Å². The average Bonchev–Trinajstić information content (AvgIpc) is 2.98. The van der Waals surface area contributed by atoms with Gasteiger partial charge < -0.3 is 9.47 Å². The van der Waals surface area contributed by atoms with Gasteiger partial charge in [0.05, 0.1) is 0 Å². The SMILES string of the molecule is CC(OC(=O)OC(C)c1ccc2c(c1)C(=O)c1ccccc1C2=O)c1ccc2c(c1)C(=O)c1ccccc1C2=O. The van der Waals surface area contributed by atoms with Gasteiger partial charge >= 0.3 is 6.16 Å². The van der Waals surface area contributed by atoms with E-state index < -0.39 is 18.4 Å². The van der Waals surface area contributed by atoms with Crippen LogP contribution in [0, 0.1) is 0 Å². The molecule has 4 aromatic carbocycles. The van der Waals surface area contributed by atoms with Crippen LogP contribution in [0.2, 0.25) is 0 Å². The lowest BCUT2D eigenvalue weighted by Gasteiger charge is -2.21. The summed E-state index contributed by atoms with van der Waals surface area (Å²) in [6.45, 7) is 3.27. The van der Waals surface area contributed by atoms with Gasteiger partial charge in [-0.1, -0.05) is 60.7 Å². The second kappa shape index (κ2) is 9.54. The lowest BCUT2D eigenvalue weighted by Crippen LogP contribution is -2.22. The Morgan fingerprint density at radius 1 is 0.475 bits per heavy atom. The molecule has 6 rings (SSSR count). The summed E-state index contributed by atoms with van der Waals surface area (Å²) in [7, 11) is 0. The van der Waals surface area contributed by atoms with Gasteiger partial charge in [0.15, 0.2) is 23.1 Å². The summed E-state index contributed by atoms with van der Waals surface area (Å²) in [4.78, 5) is 64.5. The molecule has 0 N–H and O–H groups in total. The molecule has 40 heavy (non-hydrogen) atoms. The fourth-order valence-electron chi connectivity index (χ4n) is 5.19. The number of fused-ring (bicyclic) bond motifs is 4. The van der Waals surface area contributed by atoms with Crippen LogP contribution in [0.5, 0.6) is 0 Å². The Bertz CT molecular complexity index is 1650. The highest BCUT2D eigenvalue weighted by Gasteiger charge is 2.32. The van der Waals surface area contributed by atoms with Crippen LogP contribution in [-0.4, -0.2) is 29.3 Å². The molecule has 0 heterocycles. The van der Waals surface area contributed by atoms with Crippen LogP contribution in [-0.2, 0) is 9.47 Å². The van der Waals surface area contributed by atoms with Crippen LogP contribution in [0.1, 0.15) is 101 Å². The number of benzene rings is 4. The number of rotatable bonds is 4. The highest BCUT2D eigenvalue weighted by Crippen LogP contribution is 2.32. The predicted octanol–water partition coefficient (Wildman–Crippen LogP) is 6.21. The molecule has 0 fully saturated rings. The van der Waals surface area contributed by atoms with Gasteiger partial charge in [0, 0.05) is 44.5 Å². The summed E-state index contributed by atoms with van der Waals surface area (Å²) in [5.74, 6) is -0.989. The smallest absolute Gasteiger partial charge is 0.426 e. The van der Waals surface area contributed by atoms with E-state index in [9.17, 15) is 24.0 Å². The number of hydrogen-bond donors (Lipinski definition) is 0. The number of carbonyl (C=O) groups excluding carboxylic acids is 5. The quantitative estimate of drug-likeness (QED) is 0.250. The normalized spacial score (nSPS) is 14.8. The lowest BCUT2D eigenvalue weighted by atomic mass is 9.83. The Balaban J connectivity index is 1.17. The molecule has 0 spiro atoms. The first kappa shape index (κ1) is 25.1. The third kappa shape index (κ3) is 4.03. The van der Waals surface area contributed by atoms with Crippen molar-refractivity contribution in [3.63, 3.8) is 0 Å². The Kier molecular flexibility index (Phi) is 5.99. The molecule has 2 unspecified atom stereocenters. The van der Waals surface area contributed by atoms with Gasteiger partial charge in [-0.2, -0.15) is 0 Å². The molecule has 4 aromatic rings. The molecular formula is C33H22O7. The maximum Gasteiger partial charge on any atom is 0.509 e. The van der Waals surface area contributed by atoms with Gasteiger partial charge in [0.1, 0.15) is 12.2 Å². The fraction of sp³-hybridized carbons (Fsp3) is 0.121. The summed E-state index contributed by atoms with van der Waals surface area (Å²) in [5.41, 5.74) is 3.60. The molecule has 0 radical (unpaired) electrons. The van der Waals surface area contributed by atoms with E-state index >= 15 is 0 Å². The van der Waals surface area contributed by atoms with Crippen molar-refractivity contribution in [3.8, 4) is 0 Å². The molecular weight excluding hydrogens is 508 g/mol. The lowest BCUT2D eigenvalue weighted by molar-refractivity contribution is 0.00621. The van der Waals surface area contributed by atoms with E-state index in [0.717, 1.165) is 0 Å². The van der Waals surface area contributed by atoms with Gasteiger partial charge in [-0.3, -0.25) is 19.2 Å². The van der Waals surface area contributed by atoms with E-state index in [1.54, 1.807) is 98.8 Å². The van der Waals surface area contributed by atoms with Gasteiger partial charge in [-0.15, -0.1) is 0 Å². The predicted molar refractivity (Wildman–Crippen MR) is 144 cm³/mol. The van der Waals surface area contributed by atoms with E-state index in [0.29, 0.717) is 44.5 Å². The molecule has 0 saturated heterocycles. The number of hydrogen-bond acceptors (Lipinski definition) is 7. The standard InChI is InChI=1S/C33H22O7/c1-17(19-11-13-25-27(15-19)31(36)23-9-5-3-7-21(23)29(25)34)39-33(38)40-18(2)20-12-14-26-28(16-20)32(37)24-10-6-4-8-22(24)30(26)35/h3-18H,1-2H3. The maximum absolute atomic E-state index is 13.0. The van der Waals surface area contributed by atoms with Crippen LogP contribution in [0.25, 0.3) is 0 Å². The van der Waals surface area contributed by atoms with E-state index in [1.165, 1.54) is 0 Å². The topological polar surface area (TPSA) is 104 Å². The summed E-state index contributed by atoms with van der Waals surface area (Å²) in [6.07, 6.45) is -2.50. The molecule has 7 heteroatoms. The van der Waals surface area contributed by atoms with Crippen molar-refractivity contribution in [3.05, 3.63) is 141 Å². The minimum Gasteiger partial charge on any atom is -0.426 e. The molecule has 2 atom stereocenters. The zero-order valence-corrected chi connectivity index (χ0v) is 21.6. The van der Waals surface area contributed by atoms with Crippen molar-refractivity contribution in [2.24, 2.45) is 0 Å². The minimum absolute atomic E-state index is 0.229. The molecule has 0 saturated carbocycles. The van der Waals surface area contributed by atoms with Crippen molar-refractivity contribution in [1.82, 2.24) is 0 Å². The maximum atomic E-state index is 13.0. The molecule has 196 valence electrons. The molecule has 2 aliphatic carbocycles. The Morgan fingerprint density at radius 3 is 1.12 bits per heavy atom. The molecule has 0 aliphatic heterocycles. The van der Waals surface area contributed by atoms with Crippen LogP contribution >= 0.6 is 0 Å². The van der Waals surface area contributed by atoms with E-state index in [4.69, 9.17) is 9.47 Å². The zero-order valence-electron chi connectivity index (χ0n) is 21.6. The highest BCUT2D eigenvalue weighted by molar-refractivity contribution is 6.29. The van der Waals surface area contributed by atoms with Crippen molar-refractivity contribution in [2.45, 2.75) is 26.1 Å². The summed E-state index contributed by atoms with van der Waals surface area (Å²) in [5, 5.41) is 0. The molecule has 2 aliphatic rings.